The van der Waals surface area contributed by atoms with Crippen LogP contribution in [0.25, 0.3) is 5.69 Å². The number of benzene rings is 1. The van der Waals surface area contributed by atoms with Gasteiger partial charge in [-0.2, -0.15) is 0 Å². The minimum atomic E-state index is -0.957. The number of aryl methyl sites for hydroxylation is 1. The zero-order valence-electron chi connectivity index (χ0n) is 10.8. The normalized spacial score (nSPS) is 10.2. The van der Waals surface area contributed by atoms with E-state index in [1.54, 1.807) is 31.2 Å². The van der Waals surface area contributed by atoms with E-state index in [9.17, 15) is 9.59 Å². The molecule has 1 amide bonds. The molecule has 0 unspecified atom stereocenters. The molecule has 0 aliphatic carbocycles. The second-order valence-electron chi connectivity index (χ2n) is 4.08. The molecule has 0 saturated carbocycles. The number of aromatic nitrogens is 4. The highest BCUT2D eigenvalue weighted by Gasteiger charge is 2.08. The molecule has 1 aromatic heterocycles. The smallest absolute Gasteiger partial charge is 0.305 e. The molecule has 0 bridgehead atoms. The molecule has 2 aromatic rings. The van der Waals surface area contributed by atoms with Crippen molar-refractivity contribution in [3.05, 3.63) is 35.7 Å². The highest BCUT2D eigenvalue weighted by molar-refractivity contribution is 5.94. The number of nitrogens with one attached hydrogen (secondary N) is 1. The van der Waals surface area contributed by atoms with Gasteiger partial charge in [-0.3, -0.25) is 9.59 Å². The van der Waals surface area contributed by atoms with Crippen molar-refractivity contribution in [3.63, 3.8) is 0 Å². The first-order chi connectivity index (χ1) is 9.56. The predicted molar refractivity (Wildman–Crippen MR) is 68.5 cm³/mol. The maximum absolute atomic E-state index is 11.8. The van der Waals surface area contributed by atoms with Crippen LogP contribution in [0, 0.1) is 6.92 Å². The van der Waals surface area contributed by atoms with Crippen LogP contribution in [0.5, 0.6) is 0 Å². The van der Waals surface area contributed by atoms with Crippen LogP contribution >= 0.6 is 0 Å². The zero-order valence-corrected chi connectivity index (χ0v) is 10.8. The summed E-state index contributed by atoms with van der Waals surface area (Å²) < 4.78 is 0. The van der Waals surface area contributed by atoms with Gasteiger partial charge in [0, 0.05) is 12.1 Å². The van der Waals surface area contributed by atoms with Gasteiger partial charge in [-0.05, 0) is 30.3 Å². The van der Waals surface area contributed by atoms with Crippen molar-refractivity contribution in [2.24, 2.45) is 0 Å². The van der Waals surface area contributed by atoms with Crippen molar-refractivity contribution in [3.8, 4) is 5.69 Å². The standard InChI is InChI=1S/C12H13N5O3/c1-8-14-16-17(15-8)10-4-2-3-9(7-10)12(20)13-6-5-11(18)19/h2-4,7H,5-6H2,1H3,(H,13,20)(H,18,19). The monoisotopic (exact) mass is 275 g/mol. The maximum atomic E-state index is 11.8. The van der Waals surface area contributed by atoms with Gasteiger partial charge in [0.15, 0.2) is 5.82 Å². The number of hydrogen-bond acceptors (Lipinski definition) is 5. The Morgan fingerprint density at radius 2 is 2.20 bits per heavy atom. The number of rotatable bonds is 5. The molecule has 0 aliphatic heterocycles. The fourth-order valence-corrected chi connectivity index (χ4v) is 1.55. The number of carboxylic acids is 1. The van der Waals surface area contributed by atoms with Crippen LogP contribution in [-0.2, 0) is 4.79 Å². The molecule has 0 fully saturated rings. The first kappa shape index (κ1) is 13.7. The summed E-state index contributed by atoms with van der Waals surface area (Å²) in [4.78, 5) is 23.5. The molecular formula is C12H13N5O3. The Bertz CT molecular complexity index is 638. The van der Waals surface area contributed by atoms with Crippen LogP contribution in [0.2, 0.25) is 0 Å². The van der Waals surface area contributed by atoms with Crippen molar-refractivity contribution in [1.29, 1.82) is 0 Å². The highest BCUT2D eigenvalue weighted by atomic mass is 16.4. The molecule has 8 nitrogen and oxygen atoms in total. The Labute approximate surface area is 114 Å². The minimum Gasteiger partial charge on any atom is -0.481 e. The molecule has 0 saturated heterocycles. The van der Waals surface area contributed by atoms with Gasteiger partial charge in [0.05, 0.1) is 12.1 Å². The molecule has 1 aromatic carbocycles. The molecule has 2 N–H and O–H groups in total. The summed E-state index contributed by atoms with van der Waals surface area (Å²) in [5, 5.41) is 22.7. The Kier molecular flexibility index (Phi) is 4.04. The van der Waals surface area contributed by atoms with E-state index in [1.165, 1.54) is 4.80 Å². The minimum absolute atomic E-state index is 0.0824. The number of carbonyl (C=O) groups is 2. The average Bonchev–Trinajstić information content (AvgIpc) is 2.85. The highest BCUT2D eigenvalue weighted by Crippen LogP contribution is 2.08. The summed E-state index contributed by atoms with van der Waals surface area (Å²) in [5.41, 5.74) is 1.01. The first-order valence-electron chi connectivity index (χ1n) is 5.93. The van der Waals surface area contributed by atoms with Gasteiger partial charge < -0.3 is 10.4 Å². The summed E-state index contributed by atoms with van der Waals surface area (Å²) in [6.45, 7) is 1.80. The molecular weight excluding hydrogens is 262 g/mol. The molecule has 2 rings (SSSR count). The average molecular weight is 275 g/mol. The summed E-state index contributed by atoms with van der Waals surface area (Å²) >= 11 is 0. The van der Waals surface area contributed by atoms with Gasteiger partial charge in [-0.25, -0.2) is 0 Å². The molecule has 8 heteroatoms. The third kappa shape index (κ3) is 3.37. The summed E-state index contributed by atoms with van der Waals surface area (Å²) in [5.74, 6) is -0.771. The summed E-state index contributed by atoms with van der Waals surface area (Å²) in [6.07, 6.45) is -0.116. The van der Waals surface area contributed by atoms with Gasteiger partial charge in [-0.15, -0.1) is 15.0 Å². The van der Waals surface area contributed by atoms with E-state index in [0.29, 0.717) is 17.1 Å². The Hall–Kier alpha value is -2.77. The van der Waals surface area contributed by atoms with E-state index in [-0.39, 0.29) is 18.9 Å². The van der Waals surface area contributed by atoms with Crippen LogP contribution in [0.3, 0.4) is 0 Å². The van der Waals surface area contributed by atoms with Gasteiger partial charge in [0.25, 0.3) is 5.91 Å². The van der Waals surface area contributed by atoms with Gasteiger partial charge >= 0.3 is 5.97 Å². The van der Waals surface area contributed by atoms with Crippen molar-refractivity contribution in [1.82, 2.24) is 25.5 Å². The third-order valence-corrected chi connectivity index (χ3v) is 2.48. The van der Waals surface area contributed by atoms with E-state index in [4.69, 9.17) is 5.11 Å². The topological polar surface area (TPSA) is 110 Å². The van der Waals surface area contributed by atoms with Crippen molar-refractivity contribution in [2.45, 2.75) is 13.3 Å². The lowest BCUT2D eigenvalue weighted by Crippen LogP contribution is -2.26. The van der Waals surface area contributed by atoms with E-state index < -0.39 is 5.97 Å². The lowest BCUT2D eigenvalue weighted by molar-refractivity contribution is -0.136. The lowest BCUT2D eigenvalue weighted by atomic mass is 10.2. The largest absolute Gasteiger partial charge is 0.481 e. The molecule has 0 atom stereocenters. The molecule has 1 heterocycles. The summed E-state index contributed by atoms with van der Waals surface area (Å²) in [7, 11) is 0. The van der Waals surface area contributed by atoms with Gasteiger partial charge in [0.1, 0.15) is 0 Å². The van der Waals surface area contributed by atoms with E-state index in [2.05, 4.69) is 20.7 Å². The Balaban J connectivity index is 2.09. The fraction of sp³-hybridized carbons (Fsp3) is 0.250. The SMILES string of the molecule is Cc1nnn(-c2cccc(C(=O)NCCC(=O)O)c2)n1. The number of tetrazole rings is 1. The number of carbonyl (C=O) groups excluding carboxylic acids is 1. The quantitative estimate of drug-likeness (QED) is 0.805. The van der Waals surface area contributed by atoms with Crippen molar-refractivity contribution < 1.29 is 14.7 Å². The molecule has 20 heavy (non-hydrogen) atoms. The van der Waals surface area contributed by atoms with Crippen LogP contribution in [0.15, 0.2) is 24.3 Å². The summed E-state index contributed by atoms with van der Waals surface area (Å²) in [6, 6.07) is 6.68. The zero-order chi connectivity index (χ0) is 14.5. The van der Waals surface area contributed by atoms with Gasteiger partial charge in [0.2, 0.25) is 0 Å². The van der Waals surface area contributed by atoms with E-state index >= 15 is 0 Å². The Morgan fingerprint density at radius 3 is 2.85 bits per heavy atom. The van der Waals surface area contributed by atoms with E-state index in [0.717, 1.165) is 0 Å². The molecule has 0 aliphatic rings. The van der Waals surface area contributed by atoms with Crippen LogP contribution in [-0.4, -0.2) is 43.7 Å². The van der Waals surface area contributed by atoms with Crippen LogP contribution < -0.4 is 5.32 Å². The number of carboxylic acid groups (broad SMARTS) is 1. The van der Waals surface area contributed by atoms with E-state index in [1.807, 2.05) is 0 Å². The lowest BCUT2D eigenvalue weighted by Gasteiger charge is -2.05. The fourth-order valence-electron chi connectivity index (χ4n) is 1.55. The Morgan fingerprint density at radius 1 is 1.40 bits per heavy atom. The van der Waals surface area contributed by atoms with Crippen molar-refractivity contribution >= 4 is 11.9 Å². The predicted octanol–water partition coefficient (Wildman–Crippen LogP) is 0.175. The van der Waals surface area contributed by atoms with Crippen LogP contribution in [0.4, 0.5) is 0 Å². The third-order valence-electron chi connectivity index (χ3n) is 2.48. The molecule has 0 radical (unpaired) electrons. The maximum Gasteiger partial charge on any atom is 0.305 e. The first-order valence-corrected chi connectivity index (χ1v) is 5.93. The number of nitrogens with zero attached hydrogens (tertiary/aromatic N) is 4. The molecule has 104 valence electrons. The van der Waals surface area contributed by atoms with Crippen molar-refractivity contribution in [2.75, 3.05) is 6.54 Å². The number of amides is 1. The van der Waals surface area contributed by atoms with Gasteiger partial charge in [-0.1, -0.05) is 6.07 Å². The number of hydrogen-bond donors (Lipinski definition) is 2. The second-order valence-corrected chi connectivity index (χ2v) is 4.08. The second kappa shape index (κ2) is 5.91. The van der Waals surface area contributed by atoms with Crippen LogP contribution in [0.1, 0.15) is 22.6 Å². The number of aliphatic carboxylic acids is 1. The molecule has 0 spiro atoms.